The summed E-state index contributed by atoms with van der Waals surface area (Å²) in [6.07, 6.45) is 0.853. The second kappa shape index (κ2) is 9.77. The molecule has 2 aromatic carbocycles. The number of ether oxygens (including phenoxy) is 2. The lowest BCUT2D eigenvalue weighted by Crippen LogP contribution is -2.42. The van der Waals surface area contributed by atoms with Crippen molar-refractivity contribution in [2.75, 3.05) is 18.6 Å². The molecule has 7 nitrogen and oxygen atoms in total. The van der Waals surface area contributed by atoms with E-state index in [0.29, 0.717) is 29.7 Å². The highest BCUT2D eigenvalue weighted by Gasteiger charge is 2.69. The quantitative estimate of drug-likeness (QED) is 0.337. The lowest BCUT2D eigenvalue weighted by Gasteiger charge is -2.43. The minimum absolute atomic E-state index is 0.0580. The summed E-state index contributed by atoms with van der Waals surface area (Å²) in [5.41, 5.74) is 1.68. The third-order valence-corrected chi connectivity index (χ3v) is 12.0. The van der Waals surface area contributed by atoms with Crippen molar-refractivity contribution >= 4 is 56.5 Å². The topological polar surface area (TPSA) is 88.7 Å². The molecule has 2 bridgehead atoms. The Morgan fingerprint density at radius 2 is 1.75 bits per heavy atom. The number of carbonyl (C=O) groups is 2. The number of aromatic amines is 1. The standard InChI is InChI=1S/C30H29BrN2O5S2/c1-13(2)12-38-19-9-4-14(10-20(19)37-3)21-22-17-11-18(25(22)39-27-26(21)40-30(36)32-27)24-23(17)28(34)33(29(24)35)16-7-5-15(31)6-8-16/h4-10,13,17-18,21-25H,11-12H2,1-3H3,(H,32,36)/t17-,18-,21?,22?,23?,24?,25?/m1/s1. The Kier molecular flexibility index (Phi) is 6.44. The molecule has 1 aromatic heterocycles. The van der Waals surface area contributed by atoms with Crippen LogP contribution in [-0.2, 0) is 9.59 Å². The van der Waals surface area contributed by atoms with Crippen molar-refractivity contribution < 1.29 is 19.1 Å². The number of nitrogens with one attached hydrogen (secondary N) is 1. The molecule has 1 saturated heterocycles. The zero-order valence-electron chi connectivity index (χ0n) is 22.3. The lowest BCUT2D eigenvalue weighted by atomic mass is 9.68. The zero-order valence-corrected chi connectivity index (χ0v) is 25.5. The average Bonchev–Trinajstić information content (AvgIpc) is 3.67. The number of anilines is 1. The Labute approximate surface area is 248 Å². The first-order valence-electron chi connectivity index (χ1n) is 13.6. The molecular weight excluding hydrogens is 612 g/mol. The van der Waals surface area contributed by atoms with Gasteiger partial charge >= 0.3 is 4.87 Å². The molecule has 5 unspecified atom stereocenters. The zero-order chi connectivity index (χ0) is 27.9. The first-order chi connectivity index (χ1) is 19.3. The van der Waals surface area contributed by atoms with Crippen LogP contribution in [0.4, 0.5) is 5.69 Å². The lowest BCUT2D eigenvalue weighted by molar-refractivity contribution is -0.123. The maximum Gasteiger partial charge on any atom is 0.305 e. The molecule has 7 atom stereocenters. The number of aromatic nitrogens is 1. The average molecular weight is 642 g/mol. The van der Waals surface area contributed by atoms with E-state index in [1.165, 1.54) is 16.2 Å². The Hall–Kier alpha value is -2.56. The van der Waals surface area contributed by atoms with Gasteiger partial charge in [0.1, 0.15) is 0 Å². The van der Waals surface area contributed by atoms with Gasteiger partial charge in [-0.3, -0.25) is 19.3 Å². The predicted octanol–water partition coefficient (Wildman–Crippen LogP) is 5.92. The summed E-state index contributed by atoms with van der Waals surface area (Å²) in [7, 11) is 1.64. The van der Waals surface area contributed by atoms with E-state index >= 15 is 0 Å². The molecule has 10 heteroatoms. The van der Waals surface area contributed by atoms with Gasteiger partial charge in [-0.1, -0.05) is 47.2 Å². The van der Waals surface area contributed by atoms with E-state index in [1.54, 1.807) is 18.9 Å². The number of fused-ring (bicyclic) bond motifs is 9. The van der Waals surface area contributed by atoms with Gasteiger partial charge in [0, 0.05) is 20.5 Å². The fourth-order valence-electron chi connectivity index (χ4n) is 7.49. The monoisotopic (exact) mass is 640 g/mol. The SMILES string of the molecule is COc1cc(C2c3sc(=O)[nH]c3SC3C2[C@H]2C[C@@H]3C3C(=O)N(c4ccc(Br)cc4)C(=O)C32)ccc1OCC(C)C. The van der Waals surface area contributed by atoms with Crippen LogP contribution in [0.3, 0.4) is 0 Å². The minimum atomic E-state index is -0.335. The van der Waals surface area contributed by atoms with Crippen molar-refractivity contribution in [3.63, 3.8) is 0 Å². The van der Waals surface area contributed by atoms with E-state index in [2.05, 4.69) is 40.8 Å². The molecule has 3 fully saturated rings. The minimum Gasteiger partial charge on any atom is -0.493 e. The van der Waals surface area contributed by atoms with Crippen molar-refractivity contribution in [1.29, 1.82) is 0 Å². The third-order valence-electron chi connectivity index (χ3n) is 8.93. The summed E-state index contributed by atoms with van der Waals surface area (Å²) >= 11 is 6.40. The van der Waals surface area contributed by atoms with Gasteiger partial charge in [0.25, 0.3) is 0 Å². The smallest absolute Gasteiger partial charge is 0.305 e. The number of imide groups is 1. The second-order valence-electron chi connectivity index (χ2n) is 11.6. The molecule has 3 heterocycles. The molecule has 2 aliphatic heterocycles. The van der Waals surface area contributed by atoms with Crippen LogP contribution in [0.15, 0.2) is 56.8 Å². The number of thiazole rings is 1. The Balaban J connectivity index is 1.28. The maximum atomic E-state index is 13.9. The van der Waals surface area contributed by atoms with Crippen LogP contribution in [0.5, 0.6) is 11.5 Å². The van der Waals surface area contributed by atoms with Crippen LogP contribution in [0.1, 0.15) is 36.6 Å². The van der Waals surface area contributed by atoms with Crippen LogP contribution < -0.4 is 19.2 Å². The highest BCUT2D eigenvalue weighted by atomic mass is 79.9. The van der Waals surface area contributed by atoms with Gasteiger partial charge in [-0.05, 0) is 72.1 Å². The summed E-state index contributed by atoms with van der Waals surface area (Å²) in [5, 5.41) is 1.03. The molecule has 3 aromatic rings. The Bertz CT molecular complexity index is 1570. The number of carbonyl (C=O) groups excluding carboxylic acids is 2. The fourth-order valence-corrected chi connectivity index (χ4v) is 10.6. The summed E-state index contributed by atoms with van der Waals surface area (Å²) in [5.74, 6) is 1.11. The summed E-state index contributed by atoms with van der Waals surface area (Å²) in [6, 6.07) is 13.4. The summed E-state index contributed by atoms with van der Waals surface area (Å²) in [4.78, 5) is 45.7. The van der Waals surface area contributed by atoms with Gasteiger partial charge in [0.15, 0.2) is 11.5 Å². The van der Waals surface area contributed by atoms with Crippen molar-refractivity contribution in [3.05, 3.63) is 67.0 Å². The molecule has 40 heavy (non-hydrogen) atoms. The van der Waals surface area contributed by atoms with Crippen LogP contribution in [0.25, 0.3) is 0 Å². The van der Waals surface area contributed by atoms with Crippen LogP contribution in [-0.4, -0.2) is 35.8 Å². The Morgan fingerprint density at radius 1 is 1.02 bits per heavy atom. The first-order valence-corrected chi connectivity index (χ1v) is 16.1. The van der Waals surface area contributed by atoms with E-state index in [4.69, 9.17) is 9.47 Å². The molecule has 4 aliphatic rings. The highest BCUT2D eigenvalue weighted by Crippen LogP contribution is 2.68. The molecule has 2 aliphatic carbocycles. The molecule has 0 radical (unpaired) electrons. The van der Waals surface area contributed by atoms with Gasteiger partial charge in [-0.2, -0.15) is 0 Å². The molecular formula is C30H29BrN2O5S2. The number of H-pyrrole nitrogens is 1. The van der Waals surface area contributed by atoms with Gasteiger partial charge in [0.2, 0.25) is 11.8 Å². The van der Waals surface area contributed by atoms with Crippen LogP contribution >= 0.6 is 39.0 Å². The van der Waals surface area contributed by atoms with Crippen LogP contribution in [0, 0.1) is 35.5 Å². The van der Waals surface area contributed by atoms with Crippen LogP contribution in [0.2, 0.25) is 0 Å². The second-order valence-corrected chi connectivity index (χ2v) is 14.7. The van der Waals surface area contributed by atoms with Crippen molar-refractivity contribution in [1.82, 2.24) is 4.98 Å². The van der Waals surface area contributed by atoms with Gasteiger partial charge < -0.3 is 14.5 Å². The van der Waals surface area contributed by atoms with E-state index < -0.39 is 0 Å². The maximum absolute atomic E-state index is 13.9. The number of thioether (sulfide) groups is 1. The molecule has 208 valence electrons. The van der Waals surface area contributed by atoms with E-state index in [1.807, 2.05) is 36.4 Å². The highest BCUT2D eigenvalue weighted by molar-refractivity contribution is 9.10. The van der Waals surface area contributed by atoms with Crippen molar-refractivity contribution in [3.8, 4) is 11.5 Å². The number of nitrogens with zero attached hydrogens (tertiary/aromatic N) is 1. The number of rotatable bonds is 6. The van der Waals surface area contributed by atoms with Gasteiger partial charge in [0.05, 0.1) is 36.3 Å². The largest absolute Gasteiger partial charge is 0.493 e. The van der Waals surface area contributed by atoms with Gasteiger partial charge in [-0.15, -0.1) is 11.8 Å². The molecule has 2 amide bonds. The molecule has 1 N–H and O–H groups in total. The Morgan fingerprint density at radius 3 is 2.45 bits per heavy atom. The normalized spacial score (nSPS) is 30.0. The summed E-state index contributed by atoms with van der Waals surface area (Å²) in [6.45, 7) is 4.79. The number of hydrogen-bond donors (Lipinski definition) is 1. The summed E-state index contributed by atoms with van der Waals surface area (Å²) < 4.78 is 12.7. The van der Waals surface area contributed by atoms with E-state index in [9.17, 15) is 14.4 Å². The number of hydrogen-bond acceptors (Lipinski definition) is 7. The molecule has 2 saturated carbocycles. The number of methoxy groups -OCH3 is 1. The first kappa shape index (κ1) is 26.3. The fraction of sp³-hybridized carbons (Fsp3) is 0.433. The number of halogens is 1. The van der Waals surface area contributed by atoms with E-state index in [-0.39, 0.29) is 57.4 Å². The van der Waals surface area contributed by atoms with Crippen molar-refractivity contribution in [2.24, 2.45) is 35.5 Å². The third kappa shape index (κ3) is 3.93. The molecule has 0 spiro atoms. The predicted molar refractivity (Wildman–Crippen MR) is 158 cm³/mol. The molecule has 7 rings (SSSR count). The van der Waals surface area contributed by atoms with E-state index in [0.717, 1.165) is 26.4 Å². The van der Waals surface area contributed by atoms with Crippen molar-refractivity contribution in [2.45, 2.75) is 36.5 Å². The number of amides is 2. The van der Waals surface area contributed by atoms with Gasteiger partial charge in [-0.25, -0.2) is 0 Å². The number of benzene rings is 2.